The minimum atomic E-state index is 1.07. The average molecular weight is 120 g/mol. The Labute approximate surface area is 55.7 Å². The molecule has 47 valence electrons. The van der Waals surface area contributed by atoms with Crippen molar-refractivity contribution >= 4 is 0 Å². The van der Waals surface area contributed by atoms with E-state index in [1.807, 2.05) is 12.1 Å². The predicted octanol–water partition coefficient (Wildman–Crippen LogP) is 1.83. The molecule has 1 heteroatoms. The van der Waals surface area contributed by atoms with Gasteiger partial charge in [0.05, 0.1) is 0 Å². The lowest BCUT2D eigenvalue weighted by molar-refractivity contribution is 0.882. The summed E-state index contributed by atoms with van der Waals surface area (Å²) in [6.07, 6.45) is 4.01. The third-order valence-electron chi connectivity index (χ3n) is 1.17. The largest absolute Gasteiger partial charge is 0.261 e. The number of aromatic nitrogens is 1. The van der Waals surface area contributed by atoms with Crippen molar-refractivity contribution in [3.8, 4) is 0 Å². The zero-order valence-electron chi connectivity index (χ0n) is 5.59. The van der Waals surface area contributed by atoms with E-state index in [1.54, 1.807) is 6.20 Å². The summed E-state index contributed by atoms with van der Waals surface area (Å²) in [6, 6.07) is 6.74. The molecule has 0 fully saturated rings. The van der Waals surface area contributed by atoms with Gasteiger partial charge in [-0.3, -0.25) is 4.98 Å². The molecule has 0 unspecified atom stereocenters. The highest BCUT2D eigenvalue weighted by Gasteiger charge is 1.86. The van der Waals surface area contributed by atoms with Crippen LogP contribution in [0.2, 0.25) is 0 Å². The number of nitrogens with zero attached hydrogens (tertiary/aromatic N) is 1. The van der Waals surface area contributed by atoms with Crippen molar-refractivity contribution in [1.82, 2.24) is 4.98 Å². The SMILES string of the molecule is CCCc1c[c]ccn1. The van der Waals surface area contributed by atoms with E-state index in [0.29, 0.717) is 0 Å². The highest BCUT2D eigenvalue weighted by molar-refractivity contribution is 5.01. The van der Waals surface area contributed by atoms with Gasteiger partial charge in [-0.05, 0) is 24.6 Å². The Morgan fingerprint density at radius 1 is 1.67 bits per heavy atom. The van der Waals surface area contributed by atoms with Gasteiger partial charge in [0.15, 0.2) is 0 Å². The molecule has 1 rings (SSSR count). The normalized spacial score (nSPS) is 9.44. The molecule has 1 heterocycles. The summed E-state index contributed by atoms with van der Waals surface area (Å²) in [5.41, 5.74) is 1.14. The van der Waals surface area contributed by atoms with Gasteiger partial charge in [-0.2, -0.15) is 0 Å². The first-order valence-corrected chi connectivity index (χ1v) is 3.24. The Hall–Kier alpha value is -0.850. The highest BCUT2D eigenvalue weighted by Crippen LogP contribution is 1.95. The van der Waals surface area contributed by atoms with Gasteiger partial charge >= 0.3 is 0 Å². The van der Waals surface area contributed by atoms with Gasteiger partial charge in [0.25, 0.3) is 0 Å². The molecule has 1 aromatic heterocycles. The summed E-state index contributed by atoms with van der Waals surface area (Å²) in [5, 5.41) is 0. The molecule has 0 saturated carbocycles. The summed E-state index contributed by atoms with van der Waals surface area (Å²) < 4.78 is 0. The number of hydrogen-bond donors (Lipinski definition) is 0. The van der Waals surface area contributed by atoms with Crippen LogP contribution in [0.5, 0.6) is 0 Å². The van der Waals surface area contributed by atoms with Crippen molar-refractivity contribution in [3.05, 3.63) is 30.1 Å². The van der Waals surface area contributed by atoms with E-state index < -0.39 is 0 Å². The van der Waals surface area contributed by atoms with Crippen LogP contribution >= 0.6 is 0 Å². The smallest absolute Gasteiger partial charge is 0.0409 e. The van der Waals surface area contributed by atoms with Gasteiger partial charge in [0, 0.05) is 11.9 Å². The van der Waals surface area contributed by atoms with E-state index in [1.165, 1.54) is 0 Å². The first-order valence-electron chi connectivity index (χ1n) is 3.24. The second kappa shape index (κ2) is 3.23. The van der Waals surface area contributed by atoms with Crippen LogP contribution in [0, 0.1) is 6.07 Å². The first kappa shape index (κ1) is 6.27. The van der Waals surface area contributed by atoms with Gasteiger partial charge in [-0.1, -0.05) is 13.3 Å². The highest BCUT2D eigenvalue weighted by atomic mass is 14.7. The van der Waals surface area contributed by atoms with E-state index >= 15 is 0 Å². The van der Waals surface area contributed by atoms with Crippen molar-refractivity contribution in [2.75, 3.05) is 0 Å². The first-order chi connectivity index (χ1) is 4.43. The molecule has 0 bridgehead atoms. The fourth-order valence-corrected chi connectivity index (χ4v) is 0.750. The molecule has 0 amide bonds. The number of pyridine rings is 1. The lowest BCUT2D eigenvalue weighted by Crippen LogP contribution is -1.85. The summed E-state index contributed by atoms with van der Waals surface area (Å²) in [7, 11) is 0. The summed E-state index contributed by atoms with van der Waals surface area (Å²) >= 11 is 0. The number of rotatable bonds is 2. The van der Waals surface area contributed by atoms with Crippen LogP contribution in [0.3, 0.4) is 0 Å². The molecule has 1 aromatic rings. The Balaban J connectivity index is 2.61. The Bertz CT molecular complexity index is 157. The maximum Gasteiger partial charge on any atom is 0.0409 e. The third-order valence-corrected chi connectivity index (χ3v) is 1.17. The van der Waals surface area contributed by atoms with Crippen LogP contribution in [0.15, 0.2) is 18.3 Å². The lowest BCUT2D eigenvalue weighted by atomic mass is 10.2. The minimum Gasteiger partial charge on any atom is -0.261 e. The van der Waals surface area contributed by atoms with Crippen molar-refractivity contribution in [2.24, 2.45) is 0 Å². The molecule has 0 atom stereocenters. The van der Waals surface area contributed by atoms with Crippen LogP contribution in [0.4, 0.5) is 0 Å². The van der Waals surface area contributed by atoms with Gasteiger partial charge in [-0.25, -0.2) is 0 Å². The summed E-state index contributed by atoms with van der Waals surface area (Å²) in [6.45, 7) is 2.15. The molecule has 1 nitrogen and oxygen atoms in total. The molecule has 1 radical (unpaired) electrons. The molecular weight excluding hydrogens is 110 g/mol. The van der Waals surface area contributed by atoms with E-state index in [4.69, 9.17) is 0 Å². The standard InChI is InChI=1S/C8H10N/c1-2-5-8-6-3-4-7-9-8/h4,6-7H,2,5H2,1H3. The quantitative estimate of drug-likeness (QED) is 0.580. The van der Waals surface area contributed by atoms with E-state index in [2.05, 4.69) is 18.0 Å². The molecule has 0 N–H and O–H groups in total. The molecule has 0 spiro atoms. The monoisotopic (exact) mass is 120 g/mol. The Morgan fingerprint density at radius 3 is 3.11 bits per heavy atom. The molecule has 0 saturated heterocycles. The van der Waals surface area contributed by atoms with Crippen LogP contribution in [0.1, 0.15) is 19.0 Å². The van der Waals surface area contributed by atoms with Crippen molar-refractivity contribution < 1.29 is 0 Å². The van der Waals surface area contributed by atoms with E-state index in [9.17, 15) is 0 Å². The molecular formula is C8H10N. The molecule has 0 aromatic carbocycles. The van der Waals surface area contributed by atoms with Crippen LogP contribution in [-0.2, 0) is 6.42 Å². The van der Waals surface area contributed by atoms with Gasteiger partial charge in [0.2, 0.25) is 0 Å². The Kier molecular flexibility index (Phi) is 2.25. The van der Waals surface area contributed by atoms with E-state index in [-0.39, 0.29) is 0 Å². The van der Waals surface area contributed by atoms with Crippen LogP contribution in [-0.4, -0.2) is 4.98 Å². The minimum absolute atomic E-state index is 1.07. The molecule has 0 aliphatic carbocycles. The number of aryl methyl sites for hydroxylation is 1. The summed E-state index contributed by atoms with van der Waals surface area (Å²) in [4.78, 5) is 4.14. The van der Waals surface area contributed by atoms with Gasteiger partial charge in [-0.15, -0.1) is 0 Å². The maximum atomic E-state index is 4.14. The van der Waals surface area contributed by atoms with Crippen LogP contribution in [0.25, 0.3) is 0 Å². The van der Waals surface area contributed by atoms with Crippen molar-refractivity contribution in [1.29, 1.82) is 0 Å². The predicted molar refractivity (Wildman–Crippen MR) is 37.1 cm³/mol. The van der Waals surface area contributed by atoms with E-state index in [0.717, 1.165) is 18.5 Å². The van der Waals surface area contributed by atoms with Crippen molar-refractivity contribution in [3.63, 3.8) is 0 Å². The fourth-order valence-electron chi connectivity index (χ4n) is 0.750. The third kappa shape index (κ3) is 1.84. The van der Waals surface area contributed by atoms with Crippen molar-refractivity contribution in [2.45, 2.75) is 19.8 Å². The molecule has 9 heavy (non-hydrogen) atoms. The zero-order valence-corrected chi connectivity index (χ0v) is 5.59. The Morgan fingerprint density at radius 2 is 2.56 bits per heavy atom. The number of hydrogen-bond acceptors (Lipinski definition) is 1. The second-order valence-corrected chi connectivity index (χ2v) is 2.00. The zero-order chi connectivity index (χ0) is 6.53. The van der Waals surface area contributed by atoms with Crippen LogP contribution < -0.4 is 0 Å². The average Bonchev–Trinajstić information content (AvgIpc) is 1.91. The van der Waals surface area contributed by atoms with Gasteiger partial charge in [0.1, 0.15) is 0 Å². The second-order valence-electron chi connectivity index (χ2n) is 2.00. The molecule has 0 aliphatic heterocycles. The fraction of sp³-hybridized carbons (Fsp3) is 0.375. The van der Waals surface area contributed by atoms with Gasteiger partial charge < -0.3 is 0 Å². The summed E-state index contributed by atoms with van der Waals surface area (Å²) in [5.74, 6) is 0. The topological polar surface area (TPSA) is 12.9 Å². The maximum absolute atomic E-state index is 4.14. The lowest BCUT2D eigenvalue weighted by Gasteiger charge is -1.92. The molecule has 0 aliphatic rings.